The van der Waals surface area contributed by atoms with Gasteiger partial charge in [0.25, 0.3) is 0 Å². The highest BCUT2D eigenvalue weighted by Crippen LogP contribution is 2.27. The van der Waals surface area contributed by atoms with Crippen LogP contribution in [0.1, 0.15) is 29.8 Å². The fourth-order valence-electron chi connectivity index (χ4n) is 1.37. The summed E-state index contributed by atoms with van der Waals surface area (Å²) in [5.41, 5.74) is 1.67. The van der Waals surface area contributed by atoms with Crippen LogP contribution < -0.4 is 4.74 Å². The quantitative estimate of drug-likeness (QED) is 0.607. The molecule has 0 heterocycles. The van der Waals surface area contributed by atoms with Crippen LogP contribution in [0.2, 0.25) is 0 Å². The lowest BCUT2D eigenvalue weighted by Gasteiger charge is -2.16. The molecule has 0 fully saturated rings. The number of carbonyl (C=O) groups excluding carboxylic acids is 1. The van der Waals surface area contributed by atoms with Gasteiger partial charge in [0.15, 0.2) is 5.78 Å². The van der Waals surface area contributed by atoms with E-state index >= 15 is 0 Å². The Morgan fingerprint density at radius 3 is 2.50 bits per heavy atom. The third kappa shape index (κ3) is 3.08. The van der Waals surface area contributed by atoms with Crippen molar-refractivity contribution in [3.05, 3.63) is 29.3 Å². The zero-order chi connectivity index (χ0) is 12.3. The summed E-state index contributed by atoms with van der Waals surface area (Å²) < 4.78 is 4.67. The maximum absolute atomic E-state index is 12.0. The largest absolute Gasteiger partial charge is 0.496 e. The number of benzene rings is 1. The van der Waals surface area contributed by atoms with Crippen LogP contribution in [0.15, 0.2) is 18.2 Å². The summed E-state index contributed by atoms with van der Waals surface area (Å²) in [5, 5.41) is 0.667. The van der Waals surface area contributed by atoms with E-state index in [1.165, 1.54) is 0 Å². The summed E-state index contributed by atoms with van der Waals surface area (Å²) in [6, 6.07) is 5.47. The molecule has 0 N–H and O–H groups in total. The molecule has 16 heavy (non-hydrogen) atoms. The van der Waals surface area contributed by atoms with Crippen LogP contribution in [0.5, 0.6) is 5.75 Å². The van der Waals surface area contributed by atoms with Gasteiger partial charge in [-0.3, -0.25) is 4.79 Å². The lowest BCUT2D eigenvalue weighted by molar-refractivity contribution is 0.0961. The van der Waals surface area contributed by atoms with E-state index in [4.69, 9.17) is 4.74 Å². The highest BCUT2D eigenvalue weighted by molar-refractivity contribution is 9.10. The second-order valence-electron chi connectivity index (χ2n) is 3.96. The molecule has 0 bridgehead atoms. The van der Waals surface area contributed by atoms with E-state index < -0.39 is 4.32 Å². The molecule has 0 saturated heterocycles. The number of ether oxygens (including phenoxy) is 1. The van der Waals surface area contributed by atoms with E-state index in [0.29, 0.717) is 10.9 Å². The summed E-state index contributed by atoms with van der Waals surface area (Å²) in [5.74, 6) is 0.859. The first-order valence-electron chi connectivity index (χ1n) is 4.86. The van der Waals surface area contributed by atoms with E-state index in [-0.39, 0.29) is 5.78 Å². The number of hydrogen-bond donors (Lipinski definition) is 0. The molecular weight excluding hydrogens is 336 g/mol. The Bertz CT molecular complexity index is 394. The van der Waals surface area contributed by atoms with Crippen molar-refractivity contribution < 1.29 is 9.53 Å². The third-order valence-corrected chi connectivity index (χ3v) is 3.19. The molecule has 1 rings (SSSR count). The van der Waals surface area contributed by atoms with E-state index in [1.54, 1.807) is 13.2 Å². The van der Waals surface area contributed by atoms with Crippen LogP contribution in [0.4, 0.5) is 0 Å². The number of Topliss-reactive ketones (excluding diaryl/α,β-unsaturated/α-hetero) is 1. The molecule has 4 heteroatoms. The average molecular weight is 350 g/mol. The second-order valence-corrected chi connectivity index (χ2v) is 6.51. The van der Waals surface area contributed by atoms with Crippen LogP contribution in [-0.2, 0) is 5.33 Å². The minimum atomic E-state index is -0.537. The maximum Gasteiger partial charge on any atom is 0.178 e. The van der Waals surface area contributed by atoms with Crippen molar-refractivity contribution in [1.82, 2.24) is 0 Å². The van der Waals surface area contributed by atoms with Gasteiger partial charge in [0.05, 0.1) is 11.4 Å². The van der Waals surface area contributed by atoms with Crippen molar-refractivity contribution in [3.63, 3.8) is 0 Å². The van der Waals surface area contributed by atoms with Crippen molar-refractivity contribution in [2.24, 2.45) is 0 Å². The topological polar surface area (TPSA) is 26.3 Å². The molecule has 0 unspecified atom stereocenters. The molecule has 1 aromatic carbocycles. The normalized spacial score (nSPS) is 11.3. The molecule has 0 spiro atoms. The van der Waals surface area contributed by atoms with E-state index in [0.717, 1.165) is 11.3 Å². The monoisotopic (exact) mass is 348 g/mol. The first-order chi connectivity index (χ1) is 7.40. The standard InChI is InChI=1S/C12H14Br2O2/c1-12(2,14)11(15)8-4-5-10(16-3)9(6-8)7-13/h4-6H,7H2,1-3H3. The molecular formula is C12H14Br2O2. The molecule has 0 aliphatic rings. The van der Waals surface area contributed by atoms with Crippen molar-refractivity contribution in [3.8, 4) is 5.75 Å². The average Bonchev–Trinajstić information content (AvgIpc) is 2.25. The van der Waals surface area contributed by atoms with Crippen molar-refractivity contribution >= 4 is 37.6 Å². The predicted octanol–water partition coefficient (Wildman–Crippen LogP) is 3.95. The van der Waals surface area contributed by atoms with Gasteiger partial charge in [-0.25, -0.2) is 0 Å². The van der Waals surface area contributed by atoms with E-state index in [1.807, 2.05) is 26.0 Å². The second kappa shape index (κ2) is 5.32. The third-order valence-electron chi connectivity index (χ3n) is 2.23. The Hall–Kier alpha value is -0.350. The fourth-order valence-corrected chi connectivity index (χ4v) is 2.03. The van der Waals surface area contributed by atoms with Crippen LogP contribution >= 0.6 is 31.9 Å². The van der Waals surface area contributed by atoms with Crippen LogP contribution in [0, 0.1) is 0 Å². The summed E-state index contributed by atoms with van der Waals surface area (Å²) in [4.78, 5) is 12.0. The maximum atomic E-state index is 12.0. The van der Waals surface area contributed by atoms with Gasteiger partial charge in [0, 0.05) is 16.5 Å². The lowest BCUT2D eigenvalue weighted by atomic mass is 9.99. The highest BCUT2D eigenvalue weighted by Gasteiger charge is 2.25. The van der Waals surface area contributed by atoms with Gasteiger partial charge in [-0.05, 0) is 32.0 Å². The summed E-state index contributed by atoms with van der Waals surface area (Å²) >= 11 is 6.75. The van der Waals surface area contributed by atoms with Gasteiger partial charge in [-0.15, -0.1) is 0 Å². The fraction of sp³-hybridized carbons (Fsp3) is 0.417. The van der Waals surface area contributed by atoms with Crippen molar-refractivity contribution in [2.45, 2.75) is 23.5 Å². The number of halogens is 2. The minimum Gasteiger partial charge on any atom is -0.496 e. The van der Waals surface area contributed by atoms with E-state index in [2.05, 4.69) is 31.9 Å². The molecule has 0 aromatic heterocycles. The van der Waals surface area contributed by atoms with Gasteiger partial charge in [0.1, 0.15) is 5.75 Å². The molecule has 1 aromatic rings. The van der Waals surface area contributed by atoms with E-state index in [9.17, 15) is 4.79 Å². The number of ketones is 1. The van der Waals surface area contributed by atoms with Gasteiger partial charge < -0.3 is 4.74 Å². The number of hydrogen-bond acceptors (Lipinski definition) is 2. The predicted molar refractivity (Wildman–Crippen MR) is 73.0 cm³/mol. The SMILES string of the molecule is COc1ccc(C(=O)C(C)(C)Br)cc1CBr. The zero-order valence-corrected chi connectivity index (χ0v) is 12.7. The van der Waals surface area contributed by atoms with Crippen molar-refractivity contribution in [1.29, 1.82) is 0 Å². The van der Waals surface area contributed by atoms with Crippen LogP contribution in [0.25, 0.3) is 0 Å². The minimum absolute atomic E-state index is 0.0670. The van der Waals surface area contributed by atoms with Crippen LogP contribution in [0.3, 0.4) is 0 Å². The smallest absolute Gasteiger partial charge is 0.178 e. The molecule has 0 aliphatic carbocycles. The number of alkyl halides is 2. The molecule has 0 amide bonds. The summed E-state index contributed by atoms with van der Waals surface area (Å²) in [6.45, 7) is 3.68. The number of rotatable bonds is 4. The Morgan fingerprint density at radius 1 is 1.44 bits per heavy atom. The lowest BCUT2D eigenvalue weighted by Crippen LogP contribution is -2.24. The molecule has 0 aliphatic heterocycles. The molecule has 88 valence electrons. The first-order valence-corrected chi connectivity index (χ1v) is 6.78. The first kappa shape index (κ1) is 13.7. The summed E-state index contributed by atoms with van der Waals surface area (Å²) in [7, 11) is 1.62. The summed E-state index contributed by atoms with van der Waals surface area (Å²) in [6.07, 6.45) is 0. The Labute approximate surface area is 113 Å². The Morgan fingerprint density at radius 2 is 2.06 bits per heavy atom. The molecule has 0 radical (unpaired) electrons. The van der Waals surface area contributed by atoms with Crippen LogP contribution in [-0.4, -0.2) is 17.2 Å². The van der Waals surface area contributed by atoms with Gasteiger partial charge in [0.2, 0.25) is 0 Å². The van der Waals surface area contributed by atoms with Gasteiger partial charge >= 0.3 is 0 Å². The Kier molecular flexibility index (Phi) is 4.56. The number of methoxy groups -OCH3 is 1. The Balaban J connectivity index is 3.13. The molecule has 0 atom stereocenters. The number of carbonyl (C=O) groups is 1. The zero-order valence-electron chi connectivity index (χ0n) is 9.51. The van der Waals surface area contributed by atoms with Gasteiger partial charge in [-0.1, -0.05) is 31.9 Å². The highest BCUT2D eigenvalue weighted by atomic mass is 79.9. The molecule has 0 saturated carbocycles. The van der Waals surface area contributed by atoms with Crippen molar-refractivity contribution in [2.75, 3.05) is 7.11 Å². The molecule has 2 nitrogen and oxygen atoms in total. The van der Waals surface area contributed by atoms with Gasteiger partial charge in [-0.2, -0.15) is 0 Å².